The lowest BCUT2D eigenvalue weighted by molar-refractivity contribution is -0.153. The Kier molecular flexibility index (Phi) is 4.08. The third-order valence-corrected chi connectivity index (χ3v) is 2.75. The molecule has 1 rings (SSSR count). The van der Waals surface area contributed by atoms with Gasteiger partial charge in [-0.2, -0.15) is 0 Å². The van der Waals surface area contributed by atoms with E-state index >= 15 is 0 Å². The number of carbonyl (C=O) groups excluding carboxylic acids is 1. The lowest BCUT2D eigenvalue weighted by Crippen LogP contribution is -2.45. The summed E-state index contributed by atoms with van der Waals surface area (Å²) in [6, 6.07) is -0.665. The van der Waals surface area contributed by atoms with Crippen LogP contribution >= 0.6 is 0 Å². The normalized spacial score (nSPS) is 22.8. The molecule has 1 amide bonds. The second kappa shape index (κ2) is 5.11. The van der Waals surface area contributed by atoms with E-state index in [1.807, 2.05) is 6.92 Å². The SMILES string of the molecule is CCC(OC)C(=O)N1CCCC1C(=O)O. The number of aliphatic carboxylic acids is 1. The highest BCUT2D eigenvalue weighted by Crippen LogP contribution is 2.19. The maximum atomic E-state index is 11.9. The van der Waals surface area contributed by atoms with Crippen molar-refractivity contribution >= 4 is 11.9 Å². The van der Waals surface area contributed by atoms with Gasteiger partial charge in [0.25, 0.3) is 5.91 Å². The van der Waals surface area contributed by atoms with Crippen LogP contribution < -0.4 is 0 Å². The molecule has 1 N–H and O–H groups in total. The van der Waals surface area contributed by atoms with Gasteiger partial charge in [-0.1, -0.05) is 6.92 Å². The van der Waals surface area contributed by atoms with Gasteiger partial charge in [0.05, 0.1) is 0 Å². The molecular weight excluding hydrogens is 198 g/mol. The summed E-state index contributed by atoms with van der Waals surface area (Å²) in [4.78, 5) is 24.2. The first-order valence-corrected chi connectivity index (χ1v) is 5.17. The summed E-state index contributed by atoms with van der Waals surface area (Å²) in [7, 11) is 1.47. The molecule has 0 aliphatic carbocycles. The van der Waals surface area contributed by atoms with Crippen molar-refractivity contribution in [2.75, 3.05) is 13.7 Å². The third kappa shape index (κ3) is 2.47. The van der Waals surface area contributed by atoms with Crippen LogP contribution in [-0.4, -0.2) is 47.7 Å². The second-order valence-electron chi connectivity index (χ2n) is 3.66. The predicted octanol–water partition coefficient (Wildman–Crippen LogP) is 0.487. The first kappa shape index (κ1) is 12.0. The number of likely N-dealkylation sites (tertiary alicyclic amines) is 1. The van der Waals surface area contributed by atoms with Crippen LogP contribution in [0.3, 0.4) is 0 Å². The highest BCUT2D eigenvalue weighted by atomic mass is 16.5. The van der Waals surface area contributed by atoms with Crippen LogP contribution in [0.25, 0.3) is 0 Å². The van der Waals surface area contributed by atoms with E-state index in [0.717, 1.165) is 6.42 Å². The highest BCUT2D eigenvalue weighted by molar-refractivity contribution is 5.86. The number of ether oxygens (including phenoxy) is 1. The van der Waals surface area contributed by atoms with Crippen molar-refractivity contribution in [2.45, 2.75) is 38.3 Å². The number of rotatable bonds is 4. The molecule has 2 unspecified atom stereocenters. The Bertz CT molecular complexity index is 250. The molecule has 1 aliphatic heterocycles. The number of nitrogens with zero attached hydrogens (tertiary/aromatic N) is 1. The second-order valence-corrected chi connectivity index (χ2v) is 3.66. The first-order valence-electron chi connectivity index (χ1n) is 5.17. The van der Waals surface area contributed by atoms with Crippen molar-refractivity contribution in [2.24, 2.45) is 0 Å². The Morgan fingerprint density at radius 1 is 1.60 bits per heavy atom. The van der Waals surface area contributed by atoms with Gasteiger partial charge < -0.3 is 14.7 Å². The molecule has 15 heavy (non-hydrogen) atoms. The lowest BCUT2D eigenvalue weighted by atomic mass is 10.2. The molecule has 1 aliphatic rings. The molecule has 0 aromatic rings. The summed E-state index contributed by atoms with van der Waals surface area (Å²) in [5.41, 5.74) is 0. The Morgan fingerprint density at radius 3 is 2.73 bits per heavy atom. The Hall–Kier alpha value is -1.10. The van der Waals surface area contributed by atoms with Crippen LogP contribution in [0.2, 0.25) is 0 Å². The Labute approximate surface area is 89.0 Å². The van der Waals surface area contributed by atoms with Gasteiger partial charge in [-0.15, -0.1) is 0 Å². The molecule has 5 heteroatoms. The minimum absolute atomic E-state index is 0.204. The number of carbonyl (C=O) groups is 2. The smallest absolute Gasteiger partial charge is 0.326 e. The molecular formula is C10H17NO4. The summed E-state index contributed by atoms with van der Waals surface area (Å²) in [5, 5.41) is 8.93. The largest absolute Gasteiger partial charge is 0.480 e. The van der Waals surface area contributed by atoms with Crippen molar-refractivity contribution in [3.8, 4) is 0 Å². The van der Waals surface area contributed by atoms with Gasteiger partial charge in [-0.3, -0.25) is 4.79 Å². The molecule has 0 aromatic heterocycles. The molecule has 0 saturated carbocycles. The molecule has 1 heterocycles. The molecule has 1 fully saturated rings. The van der Waals surface area contributed by atoms with E-state index in [1.54, 1.807) is 0 Å². The van der Waals surface area contributed by atoms with Gasteiger partial charge in [0, 0.05) is 13.7 Å². The molecule has 5 nitrogen and oxygen atoms in total. The van der Waals surface area contributed by atoms with Crippen molar-refractivity contribution < 1.29 is 19.4 Å². The maximum Gasteiger partial charge on any atom is 0.326 e. The highest BCUT2D eigenvalue weighted by Gasteiger charge is 2.36. The fourth-order valence-electron chi connectivity index (χ4n) is 1.91. The zero-order valence-electron chi connectivity index (χ0n) is 9.10. The van der Waals surface area contributed by atoms with Crippen molar-refractivity contribution in [1.82, 2.24) is 4.90 Å². The Balaban J connectivity index is 2.69. The number of carboxylic acids is 1. The average Bonchev–Trinajstić information content (AvgIpc) is 2.67. The molecule has 1 saturated heterocycles. The maximum absolute atomic E-state index is 11.9. The van der Waals surface area contributed by atoms with Crippen molar-refractivity contribution in [3.63, 3.8) is 0 Å². The summed E-state index contributed by atoms with van der Waals surface area (Å²) in [6.07, 6.45) is 1.35. The van der Waals surface area contributed by atoms with Gasteiger partial charge in [0.1, 0.15) is 12.1 Å². The number of amides is 1. The minimum atomic E-state index is -0.924. The topological polar surface area (TPSA) is 66.8 Å². The van der Waals surface area contributed by atoms with E-state index in [9.17, 15) is 9.59 Å². The number of carboxylic acid groups (broad SMARTS) is 1. The number of hydrogen-bond acceptors (Lipinski definition) is 3. The minimum Gasteiger partial charge on any atom is -0.480 e. The van der Waals surface area contributed by atoms with Gasteiger partial charge in [0.15, 0.2) is 0 Å². The van der Waals surface area contributed by atoms with Gasteiger partial charge in [0.2, 0.25) is 0 Å². The quantitative estimate of drug-likeness (QED) is 0.741. The molecule has 0 aromatic carbocycles. The Morgan fingerprint density at radius 2 is 2.27 bits per heavy atom. The van der Waals surface area contributed by atoms with E-state index in [4.69, 9.17) is 9.84 Å². The molecule has 0 radical (unpaired) electrons. The summed E-state index contributed by atoms with van der Waals surface area (Å²) < 4.78 is 5.02. The van der Waals surface area contributed by atoms with Gasteiger partial charge in [-0.05, 0) is 19.3 Å². The molecule has 86 valence electrons. The van der Waals surface area contributed by atoms with E-state index in [1.165, 1.54) is 12.0 Å². The predicted molar refractivity (Wildman–Crippen MR) is 53.5 cm³/mol. The summed E-state index contributed by atoms with van der Waals surface area (Å²) in [6.45, 7) is 2.37. The first-order chi connectivity index (χ1) is 7.11. The summed E-state index contributed by atoms with van der Waals surface area (Å²) >= 11 is 0. The lowest BCUT2D eigenvalue weighted by Gasteiger charge is -2.25. The fourth-order valence-corrected chi connectivity index (χ4v) is 1.91. The van der Waals surface area contributed by atoms with E-state index < -0.39 is 18.1 Å². The van der Waals surface area contributed by atoms with E-state index in [0.29, 0.717) is 19.4 Å². The molecule has 2 atom stereocenters. The zero-order valence-corrected chi connectivity index (χ0v) is 9.10. The van der Waals surface area contributed by atoms with Crippen molar-refractivity contribution in [3.05, 3.63) is 0 Å². The number of methoxy groups -OCH3 is 1. The molecule has 0 spiro atoms. The van der Waals surface area contributed by atoms with E-state index in [2.05, 4.69) is 0 Å². The van der Waals surface area contributed by atoms with Crippen LogP contribution in [0.5, 0.6) is 0 Å². The standard InChI is InChI=1S/C10H17NO4/c1-3-8(15-2)9(12)11-6-4-5-7(11)10(13)14/h7-8H,3-6H2,1-2H3,(H,13,14). The number of hydrogen-bond donors (Lipinski definition) is 1. The average molecular weight is 215 g/mol. The van der Waals surface area contributed by atoms with Crippen LogP contribution in [0.1, 0.15) is 26.2 Å². The third-order valence-electron chi connectivity index (χ3n) is 2.75. The monoisotopic (exact) mass is 215 g/mol. The molecule has 0 bridgehead atoms. The van der Waals surface area contributed by atoms with Gasteiger partial charge in [-0.25, -0.2) is 4.79 Å². The fraction of sp³-hybridized carbons (Fsp3) is 0.800. The van der Waals surface area contributed by atoms with E-state index in [-0.39, 0.29) is 5.91 Å². The van der Waals surface area contributed by atoms with Crippen LogP contribution in [-0.2, 0) is 14.3 Å². The zero-order chi connectivity index (χ0) is 11.4. The van der Waals surface area contributed by atoms with Crippen LogP contribution in [0.4, 0.5) is 0 Å². The van der Waals surface area contributed by atoms with Crippen molar-refractivity contribution in [1.29, 1.82) is 0 Å². The van der Waals surface area contributed by atoms with Crippen LogP contribution in [0.15, 0.2) is 0 Å². The van der Waals surface area contributed by atoms with Gasteiger partial charge >= 0.3 is 5.97 Å². The summed E-state index contributed by atoms with van der Waals surface area (Å²) in [5.74, 6) is -1.13. The van der Waals surface area contributed by atoms with Crippen LogP contribution in [0, 0.1) is 0 Å².